The smallest absolute Gasteiger partial charge is 0.0460 e. The lowest BCUT2D eigenvalue weighted by Crippen LogP contribution is -2.35. The number of rotatable bonds is 5. The molecule has 2 rings (SSSR count). The van der Waals surface area contributed by atoms with Gasteiger partial charge in [0.05, 0.1) is 0 Å². The van der Waals surface area contributed by atoms with Crippen LogP contribution in [-0.4, -0.2) is 31.3 Å². The summed E-state index contributed by atoms with van der Waals surface area (Å²) < 4.78 is 0. The quantitative estimate of drug-likeness (QED) is 0.836. The van der Waals surface area contributed by atoms with Crippen LogP contribution in [0.4, 0.5) is 5.69 Å². The summed E-state index contributed by atoms with van der Waals surface area (Å²) in [6.45, 7) is 6.54. The Hall–Kier alpha value is -1.06. The van der Waals surface area contributed by atoms with E-state index in [1.807, 2.05) is 0 Å². The van der Waals surface area contributed by atoms with Gasteiger partial charge in [-0.05, 0) is 36.9 Å². The van der Waals surface area contributed by atoms with Gasteiger partial charge in [-0.1, -0.05) is 25.1 Å². The van der Waals surface area contributed by atoms with Crippen molar-refractivity contribution in [2.75, 3.05) is 31.1 Å². The van der Waals surface area contributed by atoms with Gasteiger partial charge in [-0.2, -0.15) is 0 Å². The van der Waals surface area contributed by atoms with Gasteiger partial charge in [-0.25, -0.2) is 0 Å². The summed E-state index contributed by atoms with van der Waals surface area (Å²) in [6.07, 6.45) is 2.21. The molecular weight excluding hydrogens is 224 g/mol. The molecule has 1 aromatic rings. The maximum atomic E-state index is 9.19. The highest BCUT2D eigenvalue weighted by atomic mass is 16.3. The van der Waals surface area contributed by atoms with Gasteiger partial charge >= 0.3 is 0 Å². The van der Waals surface area contributed by atoms with Crippen LogP contribution in [0.25, 0.3) is 0 Å². The lowest BCUT2D eigenvalue weighted by Gasteiger charge is -2.34. The third-order valence-corrected chi connectivity index (χ3v) is 3.77. The summed E-state index contributed by atoms with van der Waals surface area (Å²) in [5, 5.41) is 12.6. The topological polar surface area (TPSA) is 35.5 Å². The van der Waals surface area contributed by atoms with Crippen LogP contribution in [0.5, 0.6) is 0 Å². The molecule has 1 aliphatic rings. The van der Waals surface area contributed by atoms with Gasteiger partial charge < -0.3 is 15.3 Å². The van der Waals surface area contributed by atoms with E-state index >= 15 is 0 Å². The van der Waals surface area contributed by atoms with Crippen molar-refractivity contribution in [3.8, 4) is 0 Å². The number of hydrogen-bond donors (Lipinski definition) is 2. The van der Waals surface area contributed by atoms with Gasteiger partial charge in [0.1, 0.15) is 0 Å². The molecule has 0 atom stereocenters. The Labute approximate surface area is 110 Å². The van der Waals surface area contributed by atoms with Gasteiger partial charge in [-0.3, -0.25) is 0 Å². The minimum Gasteiger partial charge on any atom is -0.396 e. The zero-order chi connectivity index (χ0) is 12.8. The van der Waals surface area contributed by atoms with Gasteiger partial charge in [0.2, 0.25) is 0 Å². The van der Waals surface area contributed by atoms with Crippen molar-refractivity contribution in [1.82, 2.24) is 5.32 Å². The number of para-hydroxylation sites is 1. The minimum absolute atomic E-state index is 0.340. The predicted molar refractivity (Wildman–Crippen MR) is 75.8 cm³/mol. The fourth-order valence-electron chi connectivity index (χ4n) is 2.58. The van der Waals surface area contributed by atoms with Crippen molar-refractivity contribution in [2.24, 2.45) is 5.92 Å². The van der Waals surface area contributed by atoms with Crippen molar-refractivity contribution in [3.05, 3.63) is 29.8 Å². The van der Waals surface area contributed by atoms with Crippen molar-refractivity contribution >= 4 is 5.69 Å². The van der Waals surface area contributed by atoms with Crippen LogP contribution < -0.4 is 10.2 Å². The second-order valence-electron chi connectivity index (χ2n) is 5.02. The van der Waals surface area contributed by atoms with Crippen LogP contribution in [0.2, 0.25) is 0 Å². The van der Waals surface area contributed by atoms with Crippen LogP contribution in [0.3, 0.4) is 0 Å². The molecule has 1 aliphatic heterocycles. The van der Waals surface area contributed by atoms with E-state index in [4.69, 9.17) is 0 Å². The van der Waals surface area contributed by atoms with E-state index in [-0.39, 0.29) is 0 Å². The number of aliphatic hydroxyl groups excluding tert-OH is 1. The third kappa shape index (κ3) is 3.24. The summed E-state index contributed by atoms with van der Waals surface area (Å²) in [5.41, 5.74) is 2.73. The highest BCUT2D eigenvalue weighted by molar-refractivity contribution is 5.53. The molecule has 3 nitrogen and oxygen atoms in total. The molecule has 18 heavy (non-hydrogen) atoms. The first-order valence-corrected chi connectivity index (χ1v) is 6.99. The van der Waals surface area contributed by atoms with Crippen molar-refractivity contribution < 1.29 is 5.11 Å². The van der Waals surface area contributed by atoms with E-state index in [1.165, 1.54) is 11.3 Å². The molecule has 0 radical (unpaired) electrons. The highest BCUT2D eigenvalue weighted by Crippen LogP contribution is 2.26. The summed E-state index contributed by atoms with van der Waals surface area (Å²) in [4.78, 5) is 2.46. The lowest BCUT2D eigenvalue weighted by atomic mass is 9.97. The Morgan fingerprint density at radius 3 is 2.67 bits per heavy atom. The SMILES string of the molecule is CCNCc1ccccc1N1CCC(CO)CC1. The molecule has 1 fully saturated rings. The second kappa shape index (κ2) is 6.76. The summed E-state index contributed by atoms with van der Waals surface area (Å²) in [7, 11) is 0. The Balaban J connectivity index is 2.03. The van der Waals surface area contributed by atoms with Gasteiger partial charge in [0.25, 0.3) is 0 Å². The molecule has 1 heterocycles. The zero-order valence-corrected chi connectivity index (χ0v) is 11.2. The molecule has 1 aromatic carbocycles. The van der Waals surface area contributed by atoms with Crippen LogP contribution in [-0.2, 0) is 6.54 Å². The highest BCUT2D eigenvalue weighted by Gasteiger charge is 2.19. The Morgan fingerprint density at radius 1 is 1.28 bits per heavy atom. The molecular formula is C15H24N2O. The monoisotopic (exact) mass is 248 g/mol. The Kier molecular flexibility index (Phi) is 5.02. The summed E-state index contributed by atoms with van der Waals surface area (Å²) in [5.74, 6) is 0.502. The van der Waals surface area contributed by atoms with E-state index in [9.17, 15) is 5.11 Å². The van der Waals surface area contributed by atoms with Crippen LogP contribution in [0.1, 0.15) is 25.3 Å². The summed E-state index contributed by atoms with van der Waals surface area (Å²) in [6, 6.07) is 8.64. The van der Waals surface area contributed by atoms with Crippen LogP contribution >= 0.6 is 0 Å². The second-order valence-corrected chi connectivity index (χ2v) is 5.02. The molecule has 0 unspecified atom stereocenters. The first-order valence-electron chi connectivity index (χ1n) is 6.99. The number of piperidine rings is 1. The molecule has 0 amide bonds. The fourth-order valence-corrected chi connectivity index (χ4v) is 2.58. The largest absolute Gasteiger partial charge is 0.396 e. The van der Waals surface area contributed by atoms with E-state index in [0.29, 0.717) is 12.5 Å². The van der Waals surface area contributed by atoms with Gasteiger partial charge in [0, 0.05) is 31.9 Å². The maximum absolute atomic E-state index is 9.19. The molecule has 100 valence electrons. The van der Waals surface area contributed by atoms with E-state index in [0.717, 1.165) is 39.0 Å². The van der Waals surface area contributed by atoms with Crippen LogP contribution in [0, 0.1) is 5.92 Å². The summed E-state index contributed by atoms with van der Waals surface area (Å²) >= 11 is 0. The fraction of sp³-hybridized carbons (Fsp3) is 0.600. The lowest BCUT2D eigenvalue weighted by molar-refractivity contribution is 0.203. The molecule has 0 aromatic heterocycles. The molecule has 0 aliphatic carbocycles. The maximum Gasteiger partial charge on any atom is 0.0460 e. The Bertz CT molecular complexity index is 359. The predicted octanol–water partition coefficient (Wildman–Crippen LogP) is 2.00. The number of nitrogens with zero attached hydrogens (tertiary/aromatic N) is 1. The van der Waals surface area contributed by atoms with Crippen LogP contribution in [0.15, 0.2) is 24.3 Å². The number of anilines is 1. The standard InChI is InChI=1S/C15H24N2O/c1-2-16-11-14-5-3-4-6-15(14)17-9-7-13(12-18)8-10-17/h3-6,13,16,18H,2,7-12H2,1H3. The first-order chi connectivity index (χ1) is 8.85. The van der Waals surface area contributed by atoms with E-state index in [1.54, 1.807) is 0 Å². The average molecular weight is 248 g/mol. The third-order valence-electron chi connectivity index (χ3n) is 3.77. The molecule has 0 bridgehead atoms. The van der Waals surface area contributed by atoms with E-state index in [2.05, 4.69) is 41.4 Å². The van der Waals surface area contributed by atoms with Gasteiger partial charge in [-0.15, -0.1) is 0 Å². The number of aliphatic hydroxyl groups is 1. The van der Waals surface area contributed by atoms with Crippen molar-refractivity contribution in [2.45, 2.75) is 26.3 Å². The number of hydrogen-bond acceptors (Lipinski definition) is 3. The Morgan fingerprint density at radius 2 is 2.00 bits per heavy atom. The molecule has 1 saturated heterocycles. The van der Waals surface area contributed by atoms with Crippen molar-refractivity contribution in [1.29, 1.82) is 0 Å². The average Bonchev–Trinajstić information content (AvgIpc) is 2.45. The first kappa shape index (κ1) is 13.4. The zero-order valence-electron chi connectivity index (χ0n) is 11.2. The molecule has 0 saturated carbocycles. The number of nitrogens with one attached hydrogen (secondary N) is 1. The minimum atomic E-state index is 0.340. The number of benzene rings is 1. The molecule has 2 N–H and O–H groups in total. The van der Waals surface area contributed by atoms with E-state index < -0.39 is 0 Å². The molecule has 3 heteroatoms. The normalized spacial score (nSPS) is 17.1. The van der Waals surface area contributed by atoms with Crippen molar-refractivity contribution in [3.63, 3.8) is 0 Å². The van der Waals surface area contributed by atoms with Gasteiger partial charge in [0.15, 0.2) is 0 Å². The molecule has 0 spiro atoms.